The molecule has 0 aliphatic heterocycles. The van der Waals surface area contributed by atoms with E-state index in [1.54, 1.807) is 24.3 Å². The van der Waals surface area contributed by atoms with Crippen LogP contribution in [-0.2, 0) is 9.59 Å². The molecule has 2 rings (SSSR count). The van der Waals surface area contributed by atoms with Gasteiger partial charge in [0, 0.05) is 20.7 Å². The second kappa shape index (κ2) is 10.7. The van der Waals surface area contributed by atoms with Crippen molar-refractivity contribution < 1.29 is 14.3 Å². The Balaban J connectivity index is 1.88. The van der Waals surface area contributed by atoms with Crippen molar-refractivity contribution in [2.24, 2.45) is 5.10 Å². The number of rotatable bonds is 8. The molecule has 0 aromatic heterocycles. The molecular formula is C19H19BrClN3O3. The van der Waals surface area contributed by atoms with E-state index in [0.29, 0.717) is 28.6 Å². The lowest BCUT2D eigenvalue weighted by Crippen LogP contribution is -2.24. The molecule has 2 aromatic rings. The molecule has 0 spiro atoms. The third-order valence-electron chi connectivity index (χ3n) is 3.28. The zero-order valence-corrected chi connectivity index (χ0v) is 17.0. The molecule has 27 heavy (non-hydrogen) atoms. The highest BCUT2D eigenvalue weighted by molar-refractivity contribution is 9.10. The number of benzene rings is 2. The van der Waals surface area contributed by atoms with Crippen molar-refractivity contribution in [1.29, 1.82) is 0 Å². The highest BCUT2D eigenvalue weighted by atomic mass is 79.9. The summed E-state index contributed by atoms with van der Waals surface area (Å²) in [4.78, 5) is 23.7. The van der Waals surface area contributed by atoms with Gasteiger partial charge < -0.3 is 10.1 Å². The van der Waals surface area contributed by atoms with E-state index >= 15 is 0 Å². The van der Waals surface area contributed by atoms with Crippen molar-refractivity contribution in [3.63, 3.8) is 0 Å². The second-order valence-electron chi connectivity index (χ2n) is 5.56. The van der Waals surface area contributed by atoms with Gasteiger partial charge in [0.25, 0.3) is 0 Å². The van der Waals surface area contributed by atoms with E-state index in [2.05, 4.69) is 31.8 Å². The summed E-state index contributed by atoms with van der Waals surface area (Å²) in [6.45, 7) is 2.60. The Hall–Kier alpha value is -2.38. The van der Waals surface area contributed by atoms with Crippen LogP contribution in [0.1, 0.15) is 25.3 Å². The van der Waals surface area contributed by atoms with E-state index in [1.807, 2.05) is 25.1 Å². The average Bonchev–Trinajstić information content (AvgIpc) is 2.63. The maximum Gasteiger partial charge on any atom is 0.249 e. The largest absolute Gasteiger partial charge is 0.493 e. The van der Waals surface area contributed by atoms with Crippen LogP contribution in [0.2, 0.25) is 5.02 Å². The minimum Gasteiger partial charge on any atom is -0.493 e. The molecule has 8 heteroatoms. The molecule has 6 nitrogen and oxygen atoms in total. The van der Waals surface area contributed by atoms with Crippen LogP contribution in [0.15, 0.2) is 52.0 Å². The van der Waals surface area contributed by atoms with Crippen LogP contribution in [0.4, 0.5) is 5.69 Å². The summed E-state index contributed by atoms with van der Waals surface area (Å²) in [6.07, 6.45) is 2.01. The van der Waals surface area contributed by atoms with Gasteiger partial charge in [-0.25, -0.2) is 5.43 Å². The number of halogens is 2. The van der Waals surface area contributed by atoms with E-state index in [4.69, 9.17) is 16.3 Å². The Morgan fingerprint density at radius 3 is 2.63 bits per heavy atom. The number of anilines is 1. The van der Waals surface area contributed by atoms with E-state index < -0.39 is 11.8 Å². The Kier molecular flexibility index (Phi) is 8.29. The zero-order valence-electron chi connectivity index (χ0n) is 14.7. The quantitative estimate of drug-likeness (QED) is 0.354. The fourth-order valence-electron chi connectivity index (χ4n) is 2.06. The summed E-state index contributed by atoms with van der Waals surface area (Å²) in [5, 5.41) is 7.08. The molecular weight excluding hydrogens is 434 g/mol. The smallest absolute Gasteiger partial charge is 0.249 e. The van der Waals surface area contributed by atoms with Crippen molar-refractivity contribution in [3.8, 4) is 5.75 Å². The van der Waals surface area contributed by atoms with Crippen molar-refractivity contribution in [2.45, 2.75) is 19.8 Å². The van der Waals surface area contributed by atoms with E-state index in [9.17, 15) is 9.59 Å². The number of carbonyl (C=O) groups is 2. The maximum absolute atomic E-state index is 11.9. The van der Waals surface area contributed by atoms with E-state index in [0.717, 1.165) is 10.9 Å². The van der Waals surface area contributed by atoms with Crippen LogP contribution in [0, 0.1) is 0 Å². The van der Waals surface area contributed by atoms with Crippen molar-refractivity contribution in [3.05, 3.63) is 57.5 Å². The van der Waals surface area contributed by atoms with Crippen molar-refractivity contribution >= 4 is 51.2 Å². The van der Waals surface area contributed by atoms with E-state index in [1.165, 1.54) is 6.21 Å². The van der Waals surface area contributed by atoms with Gasteiger partial charge in [0.1, 0.15) is 12.2 Å². The Labute approximate surface area is 171 Å². The number of amides is 2. The van der Waals surface area contributed by atoms with Gasteiger partial charge in [-0.3, -0.25) is 9.59 Å². The molecule has 0 bridgehead atoms. The normalized spacial score (nSPS) is 10.6. The third-order valence-corrected chi connectivity index (χ3v) is 4.02. The summed E-state index contributed by atoms with van der Waals surface area (Å²) in [7, 11) is 0. The lowest BCUT2D eigenvalue weighted by molar-refractivity contribution is -0.126. The molecule has 0 saturated carbocycles. The van der Waals surface area contributed by atoms with Gasteiger partial charge in [-0.1, -0.05) is 34.5 Å². The molecule has 0 radical (unpaired) electrons. The zero-order chi connectivity index (χ0) is 19.6. The van der Waals surface area contributed by atoms with Gasteiger partial charge >= 0.3 is 0 Å². The summed E-state index contributed by atoms with van der Waals surface area (Å²) in [5.41, 5.74) is 3.61. The fourth-order valence-corrected chi connectivity index (χ4v) is 2.57. The van der Waals surface area contributed by atoms with Crippen molar-refractivity contribution in [2.75, 3.05) is 11.9 Å². The number of ether oxygens (including phenoxy) is 1. The van der Waals surface area contributed by atoms with Gasteiger partial charge in [-0.15, -0.1) is 0 Å². The van der Waals surface area contributed by atoms with Gasteiger partial charge in [0.05, 0.1) is 12.8 Å². The standard InChI is InChI=1S/C19H19BrClN3O3/c1-2-9-27-17-8-3-14(20)10-13(17)12-22-24-19(26)11-18(25)23-16-6-4-15(21)5-7-16/h3-8,10,12H,2,9,11H2,1H3,(H,23,25)(H,24,26). The number of hydrogen-bond donors (Lipinski definition) is 2. The summed E-state index contributed by atoms with van der Waals surface area (Å²) in [6, 6.07) is 12.1. The predicted octanol–water partition coefficient (Wildman–Crippen LogP) is 4.37. The maximum atomic E-state index is 11.9. The highest BCUT2D eigenvalue weighted by Crippen LogP contribution is 2.22. The number of hydrazone groups is 1. The molecule has 0 saturated heterocycles. The Morgan fingerprint density at radius 1 is 1.19 bits per heavy atom. The van der Waals surface area contributed by atoms with Crippen molar-refractivity contribution in [1.82, 2.24) is 5.43 Å². The first-order valence-electron chi connectivity index (χ1n) is 8.27. The number of nitrogens with one attached hydrogen (secondary N) is 2. The fraction of sp³-hybridized carbons (Fsp3) is 0.211. The number of hydrogen-bond acceptors (Lipinski definition) is 4. The van der Waals surface area contributed by atoms with Crippen LogP contribution in [-0.4, -0.2) is 24.6 Å². The monoisotopic (exact) mass is 451 g/mol. The minimum absolute atomic E-state index is 0.350. The topological polar surface area (TPSA) is 79.8 Å². The summed E-state index contributed by atoms with van der Waals surface area (Å²) < 4.78 is 6.50. The van der Waals surface area contributed by atoms with Crippen LogP contribution >= 0.6 is 27.5 Å². The molecule has 0 aliphatic carbocycles. The first kappa shape index (κ1) is 20.9. The summed E-state index contributed by atoms with van der Waals surface area (Å²) >= 11 is 9.17. The van der Waals surface area contributed by atoms with Gasteiger partial charge in [-0.05, 0) is 48.9 Å². The van der Waals surface area contributed by atoms with Crippen LogP contribution in [0.25, 0.3) is 0 Å². The molecule has 2 amide bonds. The first-order valence-corrected chi connectivity index (χ1v) is 9.44. The van der Waals surface area contributed by atoms with Crippen LogP contribution in [0.5, 0.6) is 5.75 Å². The third kappa shape index (κ3) is 7.40. The lowest BCUT2D eigenvalue weighted by Gasteiger charge is -2.08. The van der Waals surface area contributed by atoms with E-state index in [-0.39, 0.29) is 6.42 Å². The first-order chi connectivity index (χ1) is 13.0. The van der Waals surface area contributed by atoms with Gasteiger partial charge in [0.15, 0.2) is 0 Å². The average molecular weight is 453 g/mol. The second-order valence-corrected chi connectivity index (χ2v) is 6.91. The molecule has 0 atom stereocenters. The minimum atomic E-state index is -0.524. The SMILES string of the molecule is CCCOc1ccc(Br)cc1C=NNC(=O)CC(=O)Nc1ccc(Cl)cc1. The van der Waals surface area contributed by atoms with Gasteiger partial charge in [0.2, 0.25) is 11.8 Å². The Morgan fingerprint density at radius 2 is 1.93 bits per heavy atom. The molecule has 0 heterocycles. The van der Waals surface area contributed by atoms with Crippen LogP contribution in [0.3, 0.4) is 0 Å². The predicted molar refractivity (Wildman–Crippen MR) is 110 cm³/mol. The molecule has 2 N–H and O–H groups in total. The molecule has 0 fully saturated rings. The summed E-state index contributed by atoms with van der Waals surface area (Å²) in [5.74, 6) is -0.304. The molecule has 2 aromatic carbocycles. The molecule has 0 aliphatic rings. The number of carbonyl (C=O) groups excluding carboxylic acids is 2. The van der Waals surface area contributed by atoms with Gasteiger partial charge in [-0.2, -0.15) is 5.10 Å². The van der Waals surface area contributed by atoms with Crippen LogP contribution < -0.4 is 15.5 Å². The molecule has 142 valence electrons. The number of nitrogens with zero attached hydrogens (tertiary/aromatic N) is 1. The lowest BCUT2D eigenvalue weighted by atomic mass is 10.2. The molecule has 0 unspecified atom stereocenters. The Bertz CT molecular complexity index is 825. The highest BCUT2D eigenvalue weighted by Gasteiger charge is 2.09.